The Labute approximate surface area is 163 Å². The summed E-state index contributed by atoms with van der Waals surface area (Å²) in [5, 5.41) is 3.54. The second-order valence-electron chi connectivity index (χ2n) is 6.87. The number of hydrogen-bond donors (Lipinski definition) is 1. The number of fused-ring (bicyclic) bond motifs is 1. The number of methoxy groups -OCH3 is 1. The number of piperazine rings is 1. The molecule has 2 amide bonds. The van der Waals surface area contributed by atoms with E-state index in [0.29, 0.717) is 62.6 Å². The Hall–Kier alpha value is -2.58. The third-order valence-corrected chi connectivity index (χ3v) is 4.86. The van der Waals surface area contributed by atoms with Crippen LogP contribution in [0, 0.1) is 12.7 Å². The van der Waals surface area contributed by atoms with Gasteiger partial charge in [0.05, 0.1) is 29.9 Å². The van der Waals surface area contributed by atoms with Crippen LogP contribution in [0.1, 0.15) is 16.1 Å². The Balaban J connectivity index is 1.59. The molecule has 28 heavy (non-hydrogen) atoms. The number of pyridine rings is 1. The highest BCUT2D eigenvalue weighted by Gasteiger charge is 2.24. The minimum Gasteiger partial charge on any atom is -0.383 e. The van der Waals surface area contributed by atoms with Gasteiger partial charge in [0.1, 0.15) is 5.82 Å². The second-order valence-corrected chi connectivity index (χ2v) is 6.87. The summed E-state index contributed by atoms with van der Waals surface area (Å²) in [7, 11) is 1.59. The number of rotatable bonds is 6. The number of aromatic nitrogens is 1. The number of carbonyl (C=O) groups excluding carboxylic acids is 2. The first-order valence-electron chi connectivity index (χ1n) is 9.32. The van der Waals surface area contributed by atoms with Crippen LogP contribution in [0.25, 0.3) is 10.9 Å². The molecule has 1 aromatic carbocycles. The number of nitrogens with zero attached hydrogens (tertiary/aromatic N) is 3. The minimum absolute atomic E-state index is 0.0429. The van der Waals surface area contributed by atoms with Gasteiger partial charge in [0.25, 0.3) is 5.91 Å². The third kappa shape index (κ3) is 4.82. The first-order chi connectivity index (χ1) is 13.5. The fourth-order valence-corrected chi connectivity index (χ4v) is 3.28. The Morgan fingerprint density at radius 3 is 2.68 bits per heavy atom. The summed E-state index contributed by atoms with van der Waals surface area (Å²) < 4.78 is 18.3. The van der Waals surface area contributed by atoms with Gasteiger partial charge >= 0.3 is 0 Å². The number of halogens is 1. The van der Waals surface area contributed by atoms with Crippen LogP contribution in [0.5, 0.6) is 0 Å². The lowest BCUT2D eigenvalue weighted by Crippen LogP contribution is -2.51. The topological polar surface area (TPSA) is 74.8 Å². The Bertz CT molecular complexity index is 866. The maximum Gasteiger partial charge on any atom is 0.255 e. The van der Waals surface area contributed by atoms with Crippen molar-refractivity contribution in [3.05, 3.63) is 41.3 Å². The van der Waals surface area contributed by atoms with Crippen molar-refractivity contribution in [1.29, 1.82) is 0 Å². The van der Waals surface area contributed by atoms with Gasteiger partial charge in [0.2, 0.25) is 5.91 Å². The minimum atomic E-state index is -0.346. The highest BCUT2D eigenvalue weighted by atomic mass is 19.1. The van der Waals surface area contributed by atoms with Crippen LogP contribution < -0.4 is 5.32 Å². The van der Waals surface area contributed by atoms with Gasteiger partial charge in [-0.1, -0.05) is 0 Å². The molecule has 150 valence electrons. The molecule has 1 aliphatic rings. The van der Waals surface area contributed by atoms with Crippen LogP contribution in [0.3, 0.4) is 0 Å². The summed E-state index contributed by atoms with van der Waals surface area (Å²) in [6, 6.07) is 6.14. The van der Waals surface area contributed by atoms with E-state index >= 15 is 0 Å². The summed E-state index contributed by atoms with van der Waals surface area (Å²) in [4.78, 5) is 33.0. The van der Waals surface area contributed by atoms with E-state index in [1.807, 2.05) is 4.90 Å². The van der Waals surface area contributed by atoms with Crippen molar-refractivity contribution in [3.8, 4) is 0 Å². The molecule has 3 rings (SSSR count). The zero-order valence-electron chi connectivity index (χ0n) is 16.2. The average Bonchev–Trinajstić information content (AvgIpc) is 2.67. The molecule has 0 radical (unpaired) electrons. The van der Waals surface area contributed by atoms with Crippen molar-refractivity contribution in [2.75, 3.05) is 53.0 Å². The van der Waals surface area contributed by atoms with Crippen molar-refractivity contribution >= 4 is 22.7 Å². The van der Waals surface area contributed by atoms with Crippen molar-refractivity contribution in [1.82, 2.24) is 20.1 Å². The van der Waals surface area contributed by atoms with Crippen LogP contribution in [0.2, 0.25) is 0 Å². The number of hydrogen-bond acceptors (Lipinski definition) is 5. The van der Waals surface area contributed by atoms with Crippen LogP contribution in [0.15, 0.2) is 24.3 Å². The van der Waals surface area contributed by atoms with Crippen molar-refractivity contribution < 1.29 is 18.7 Å². The lowest BCUT2D eigenvalue weighted by Gasteiger charge is -2.34. The summed E-state index contributed by atoms with van der Waals surface area (Å²) >= 11 is 0. The zero-order chi connectivity index (χ0) is 20.1. The molecule has 0 aliphatic carbocycles. The van der Waals surface area contributed by atoms with Gasteiger partial charge in [-0.2, -0.15) is 0 Å². The number of ether oxygens (including phenoxy) is 1. The zero-order valence-corrected chi connectivity index (χ0v) is 16.2. The van der Waals surface area contributed by atoms with E-state index in [1.54, 1.807) is 31.1 Å². The molecule has 0 saturated carbocycles. The lowest BCUT2D eigenvalue weighted by atomic mass is 10.1. The van der Waals surface area contributed by atoms with Crippen LogP contribution in [-0.4, -0.2) is 79.6 Å². The van der Waals surface area contributed by atoms with Crippen LogP contribution in [-0.2, 0) is 9.53 Å². The fraction of sp³-hybridized carbons (Fsp3) is 0.450. The molecule has 0 atom stereocenters. The average molecular weight is 388 g/mol. The van der Waals surface area contributed by atoms with E-state index in [1.165, 1.54) is 12.1 Å². The van der Waals surface area contributed by atoms with E-state index in [9.17, 15) is 14.0 Å². The number of nitrogens with one attached hydrogen (secondary N) is 1. The van der Waals surface area contributed by atoms with Gasteiger partial charge in [-0.3, -0.25) is 19.5 Å². The number of amides is 2. The Kier molecular flexibility index (Phi) is 6.53. The largest absolute Gasteiger partial charge is 0.383 e. The van der Waals surface area contributed by atoms with E-state index in [-0.39, 0.29) is 17.6 Å². The van der Waals surface area contributed by atoms with Crippen molar-refractivity contribution in [3.63, 3.8) is 0 Å². The van der Waals surface area contributed by atoms with E-state index in [2.05, 4.69) is 10.3 Å². The first kappa shape index (κ1) is 20.2. The Morgan fingerprint density at radius 1 is 1.21 bits per heavy atom. The highest BCUT2D eigenvalue weighted by Crippen LogP contribution is 2.19. The summed E-state index contributed by atoms with van der Waals surface area (Å²) in [5.41, 5.74) is 1.66. The van der Waals surface area contributed by atoms with Crippen LogP contribution in [0.4, 0.5) is 4.39 Å². The fourth-order valence-electron chi connectivity index (χ4n) is 3.28. The van der Waals surface area contributed by atoms with Crippen molar-refractivity contribution in [2.24, 2.45) is 0 Å². The van der Waals surface area contributed by atoms with Gasteiger partial charge in [-0.05, 0) is 25.1 Å². The predicted octanol–water partition coefficient (Wildman–Crippen LogP) is 1.20. The molecule has 1 N–H and O–H groups in total. The number of carbonyl (C=O) groups is 2. The summed E-state index contributed by atoms with van der Waals surface area (Å²) in [6.07, 6.45) is 0. The normalized spacial score (nSPS) is 15.0. The molecule has 1 saturated heterocycles. The van der Waals surface area contributed by atoms with Gasteiger partial charge in [-0.25, -0.2) is 4.39 Å². The molecule has 8 heteroatoms. The van der Waals surface area contributed by atoms with Crippen LogP contribution >= 0.6 is 0 Å². The molecule has 0 bridgehead atoms. The predicted molar refractivity (Wildman–Crippen MR) is 104 cm³/mol. The number of benzene rings is 1. The smallest absolute Gasteiger partial charge is 0.255 e. The molecule has 1 aromatic heterocycles. The SMILES string of the molecule is COCCNC(=O)CN1CCN(C(=O)c2cc3ccc(F)cc3nc2C)CC1. The molecule has 0 spiro atoms. The standard InChI is InChI=1S/C20H25FN4O3/c1-14-17(11-15-3-4-16(21)12-18(15)23-14)20(27)25-8-6-24(7-9-25)13-19(26)22-5-10-28-2/h3-4,11-12H,5-10,13H2,1-2H3,(H,22,26). The van der Waals surface area contributed by atoms with Gasteiger partial charge < -0.3 is 15.0 Å². The molecule has 1 aliphatic heterocycles. The van der Waals surface area contributed by atoms with Crippen molar-refractivity contribution in [2.45, 2.75) is 6.92 Å². The maximum absolute atomic E-state index is 13.4. The number of aryl methyl sites for hydroxylation is 1. The summed E-state index contributed by atoms with van der Waals surface area (Å²) in [6.45, 7) is 5.41. The van der Waals surface area contributed by atoms with Gasteiger partial charge in [0.15, 0.2) is 0 Å². The van der Waals surface area contributed by atoms with Gasteiger partial charge in [0, 0.05) is 51.3 Å². The molecule has 2 heterocycles. The molecular weight excluding hydrogens is 363 g/mol. The Morgan fingerprint density at radius 2 is 1.96 bits per heavy atom. The lowest BCUT2D eigenvalue weighted by molar-refractivity contribution is -0.122. The molecule has 0 unspecified atom stereocenters. The van der Waals surface area contributed by atoms with E-state index in [4.69, 9.17) is 4.74 Å². The van der Waals surface area contributed by atoms with Gasteiger partial charge in [-0.15, -0.1) is 0 Å². The third-order valence-electron chi connectivity index (χ3n) is 4.86. The molecule has 7 nitrogen and oxygen atoms in total. The molecule has 2 aromatic rings. The second kappa shape index (κ2) is 9.07. The monoisotopic (exact) mass is 388 g/mol. The molecule has 1 fully saturated rings. The first-order valence-corrected chi connectivity index (χ1v) is 9.32. The maximum atomic E-state index is 13.4. The summed E-state index contributed by atoms with van der Waals surface area (Å²) in [5.74, 6) is -0.472. The highest BCUT2D eigenvalue weighted by molar-refractivity contribution is 5.98. The quantitative estimate of drug-likeness (QED) is 0.753. The van der Waals surface area contributed by atoms with E-state index in [0.717, 1.165) is 5.39 Å². The van der Waals surface area contributed by atoms with E-state index < -0.39 is 0 Å². The molecular formula is C20H25FN4O3.